The third-order valence-corrected chi connectivity index (χ3v) is 3.12. The number of hydrogen-bond acceptors (Lipinski definition) is 3. The van der Waals surface area contributed by atoms with Crippen molar-refractivity contribution >= 4 is 17.4 Å². The summed E-state index contributed by atoms with van der Waals surface area (Å²) >= 11 is 1.90. The van der Waals surface area contributed by atoms with Gasteiger partial charge in [0, 0.05) is 28.9 Å². The van der Waals surface area contributed by atoms with E-state index in [0.717, 1.165) is 19.6 Å². The molecule has 2 nitrogen and oxygen atoms in total. The fraction of sp³-hybridized carbons (Fsp3) is 0.538. The maximum absolute atomic E-state index is 3.39. The standard InChI is InChI=1S/C13H22N2S/c1-4-14-9-10-15-12-5-7-13(8-6-12)16-11(2)3/h5-8,11,14-15H,4,9-10H2,1-3H3. The summed E-state index contributed by atoms with van der Waals surface area (Å²) in [6.07, 6.45) is 0. The van der Waals surface area contributed by atoms with Gasteiger partial charge in [-0.15, -0.1) is 11.8 Å². The molecule has 16 heavy (non-hydrogen) atoms. The lowest BCUT2D eigenvalue weighted by Crippen LogP contribution is -2.21. The highest BCUT2D eigenvalue weighted by atomic mass is 32.2. The summed E-state index contributed by atoms with van der Waals surface area (Å²) in [5.74, 6) is 0. The van der Waals surface area contributed by atoms with Crippen molar-refractivity contribution in [3.8, 4) is 0 Å². The first-order valence-electron chi connectivity index (χ1n) is 5.93. The van der Waals surface area contributed by atoms with E-state index in [0.29, 0.717) is 5.25 Å². The molecule has 1 aromatic rings. The van der Waals surface area contributed by atoms with Crippen LogP contribution >= 0.6 is 11.8 Å². The monoisotopic (exact) mass is 238 g/mol. The third-order valence-electron chi connectivity index (χ3n) is 2.11. The molecule has 2 N–H and O–H groups in total. The molecule has 0 saturated heterocycles. The Morgan fingerprint density at radius 3 is 2.38 bits per heavy atom. The molecule has 0 saturated carbocycles. The Bertz CT molecular complexity index is 282. The van der Waals surface area contributed by atoms with Crippen molar-refractivity contribution in [3.63, 3.8) is 0 Å². The van der Waals surface area contributed by atoms with E-state index >= 15 is 0 Å². The summed E-state index contributed by atoms with van der Waals surface area (Å²) in [7, 11) is 0. The predicted molar refractivity (Wildman–Crippen MR) is 74.5 cm³/mol. The second-order valence-corrected chi connectivity index (χ2v) is 5.62. The van der Waals surface area contributed by atoms with Gasteiger partial charge in [0.15, 0.2) is 0 Å². The van der Waals surface area contributed by atoms with Crippen molar-refractivity contribution in [3.05, 3.63) is 24.3 Å². The van der Waals surface area contributed by atoms with Crippen LogP contribution in [-0.4, -0.2) is 24.9 Å². The van der Waals surface area contributed by atoms with E-state index in [1.165, 1.54) is 10.6 Å². The molecule has 90 valence electrons. The smallest absolute Gasteiger partial charge is 0.0341 e. The van der Waals surface area contributed by atoms with Crippen LogP contribution in [0.15, 0.2) is 29.2 Å². The molecule has 0 unspecified atom stereocenters. The van der Waals surface area contributed by atoms with Crippen LogP contribution in [0, 0.1) is 0 Å². The fourth-order valence-electron chi connectivity index (χ4n) is 1.40. The molecule has 0 aliphatic heterocycles. The van der Waals surface area contributed by atoms with Gasteiger partial charge in [0.25, 0.3) is 0 Å². The number of hydrogen-bond donors (Lipinski definition) is 2. The van der Waals surface area contributed by atoms with Crippen LogP contribution in [0.5, 0.6) is 0 Å². The van der Waals surface area contributed by atoms with E-state index < -0.39 is 0 Å². The molecular weight excluding hydrogens is 216 g/mol. The Balaban J connectivity index is 2.33. The van der Waals surface area contributed by atoms with Crippen LogP contribution in [-0.2, 0) is 0 Å². The van der Waals surface area contributed by atoms with Crippen molar-refractivity contribution in [2.45, 2.75) is 30.9 Å². The normalized spacial score (nSPS) is 10.8. The maximum atomic E-state index is 3.39. The first-order valence-corrected chi connectivity index (χ1v) is 6.81. The lowest BCUT2D eigenvalue weighted by atomic mass is 10.3. The first kappa shape index (κ1) is 13.4. The molecule has 0 atom stereocenters. The molecule has 0 aliphatic carbocycles. The van der Waals surface area contributed by atoms with Gasteiger partial charge < -0.3 is 10.6 Å². The number of likely N-dealkylation sites (N-methyl/N-ethyl adjacent to an activating group) is 1. The van der Waals surface area contributed by atoms with Gasteiger partial charge in [0.05, 0.1) is 0 Å². The minimum atomic E-state index is 0.646. The van der Waals surface area contributed by atoms with Crippen molar-refractivity contribution < 1.29 is 0 Å². The number of thioether (sulfide) groups is 1. The fourth-order valence-corrected chi connectivity index (χ4v) is 2.23. The van der Waals surface area contributed by atoms with Crippen molar-refractivity contribution in [2.75, 3.05) is 25.0 Å². The summed E-state index contributed by atoms with van der Waals surface area (Å²) in [5.41, 5.74) is 1.20. The van der Waals surface area contributed by atoms with E-state index in [1.807, 2.05) is 11.8 Å². The van der Waals surface area contributed by atoms with Gasteiger partial charge in [0.2, 0.25) is 0 Å². The Hall–Kier alpha value is -0.670. The molecule has 0 bridgehead atoms. The average molecular weight is 238 g/mol. The zero-order valence-corrected chi connectivity index (χ0v) is 11.2. The maximum Gasteiger partial charge on any atom is 0.0341 e. The van der Waals surface area contributed by atoms with E-state index in [-0.39, 0.29) is 0 Å². The van der Waals surface area contributed by atoms with Gasteiger partial charge in [-0.2, -0.15) is 0 Å². The lowest BCUT2D eigenvalue weighted by Gasteiger charge is -2.08. The summed E-state index contributed by atoms with van der Waals surface area (Å²) in [6.45, 7) is 9.58. The molecule has 0 radical (unpaired) electrons. The molecule has 0 spiro atoms. The molecule has 1 aromatic carbocycles. The van der Waals surface area contributed by atoms with Gasteiger partial charge in [-0.3, -0.25) is 0 Å². The van der Waals surface area contributed by atoms with E-state index in [4.69, 9.17) is 0 Å². The van der Waals surface area contributed by atoms with Gasteiger partial charge in [0.1, 0.15) is 0 Å². The summed E-state index contributed by atoms with van der Waals surface area (Å²) < 4.78 is 0. The van der Waals surface area contributed by atoms with Crippen molar-refractivity contribution in [2.24, 2.45) is 0 Å². The Kier molecular flexibility index (Phi) is 6.34. The first-order chi connectivity index (χ1) is 7.72. The Morgan fingerprint density at radius 2 is 1.81 bits per heavy atom. The zero-order chi connectivity index (χ0) is 11.8. The second kappa shape index (κ2) is 7.58. The molecule has 0 fully saturated rings. The number of anilines is 1. The molecule has 3 heteroatoms. The molecule has 0 aromatic heterocycles. The van der Waals surface area contributed by atoms with Gasteiger partial charge in [-0.25, -0.2) is 0 Å². The number of rotatable bonds is 7. The highest BCUT2D eigenvalue weighted by Crippen LogP contribution is 2.23. The van der Waals surface area contributed by atoms with Crippen LogP contribution in [0.3, 0.4) is 0 Å². The lowest BCUT2D eigenvalue weighted by molar-refractivity contribution is 0.739. The third kappa shape index (κ3) is 5.42. The SMILES string of the molecule is CCNCCNc1ccc(SC(C)C)cc1. The topological polar surface area (TPSA) is 24.1 Å². The van der Waals surface area contributed by atoms with E-state index in [2.05, 4.69) is 55.7 Å². The molecule has 1 rings (SSSR count). The number of benzene rings is 1. The molecule has 0 heterocycles. The van der Waals surface area contributed by atoms with Crippen LogP contribution in [0.1, 0.15) is 20.8 Å². The Morgan fingerprint density at radius 1 is 1.12 bits per heavy atom. The van der Waals surface area contributed by atoms with Crippen molar-refractivity contribution in [1.82, 2.24) is 5.32 Å². The summed E-state index contributed by atoms with van der Waals surface area (Å²) in [4.78, 5) is 1.34. The minimum absolute atomic E-state index is 0.646. The van der Waals surface area contributed by atoms with Crippen LogP contribution in [0.25, 0.3) is 0 Å². The van der Waals surface area contributed by atoms with Crippen LogP contribution < -0.4 is 10.6 Å². The quantitative estimate of drug-likeness (QED) is 0.563. The van der Waals surface area contributed by atoms with E-state index in [1.54, 1.807) is 0 Å². The van der Waals surface area contributed by atoms with Gasteiger partial charge in [-0.1, -0.05) is 20.8 Å². The molecule has 0 aliphatic rings. The molecule has 0 amide bonds. The predicted octanol–water partition coefficient (Wildman–Crippen LogP) is 3.21. The zero-order valence-electron chi connectivity index (χ0n) is 10.4. The van der Waals surface area contributed by atoms with E-state index in [9.17, 15) is 0 Å². The van der Waals surface area contributed by atoms with Crippen molar-refractivity contribution in [1.29, 1.82) is 0 Å². The van der Waals surface area contributed by atoms with Crippen LogP contribution in [0.4, 0.5) is 5.69 Å². The van der Waals surface area contributed by atoms with Gasteiger partial charge >= 0.3 is 0 Å². The Labute approximate surface area is 103 Å². The summed E-state index contributed by atoms with van der Waals surface area (Å²) in [5, 5.41) is 7.32. The average Bonchev–Trinajstić information content (AvgIpc) is 2.26. The highest BCUT2D eigenvalue weighted by Gasteiger charge is 1.98. The number of nitrogens with one attached hydrogen (secondary N) is 2. The highest BCUT2D eigenvalue weighted by molar-refractivity contribution is 7.99. The second-order valence-electron chi connectivity index (χ2n) is 3.97. The molecular formula is C13H22N2S. The van der Waals surface area contributed by atoms with Gasteiger partial charge in [-0.05, 0) is 30.8 Å². The largest absolute Gasteiger partial charge is 0.384 e. The summed E-state index contributed by atoms with van der Waals surface area (Å²) in [6, 6.07) is 8.66. The van der Waals surface area contributed by atoms with Crippen LogP contribution in [0.2, 0.25) is 0 Å². The minimum Gasteiger partial charge on any atom is -0.384 e.